The summed E-state index contributed by atoms with van der Waals surface area (Å²) in [6.07, 6.45) is 0. The van der Waals surface area contributed by atoms with Crippen LogP contribution in [0, 0.1) is 32.1 Å². The zero-order valence-corrected chi connectivity index (χ0v) is 16.3. The van der Waals surface area contributed by atoms with Crippen LogP contribution in [0.1, 0.15) is 40.0 Å². The van der Waals surface area contributed by atoms with Crippen molar-refractivity contribution < 1.29 is 18.8 Å². The van der Waals surface area contributed by atoms with Gasteiger partial charge in [-0.1, -0.05) is 5.16 Å². The Bertz CT molecular complexity index is 1060. The molecule has 0 saturated carbocycles. The number of hydrogen-bond donors (Lipinski definition) is 0. The van der Waals surface area contributed by atoms with Crippen LogP contribution in [0.5, 0.6) is 11.5 Å². The van der Waals surface area contributed by atoms with E-state index in [9.17, 15) is 4.79 Å². The van der Waals surface area contributed by atoms with Crippen molar-refractivity contribution in [2.75, 3.05) is 13.2 Å². The molecule has 0 aliphatic heterocycles. The van der Waals surface area contributed by atoms with E-state index in [-0.39, 0.29) is 12.4 Å². The molecule has 0 aliphatic rings. The minimum atomic E-state index is -0.161. The molecular weight excluding hydrogens is 358 g/mol. The second-order valence-corrected chi connectivity index (χ2v) is 6.33. The number of Topliss-reactive ketones (excluding diaryl/α,β-unsaturated/α-hetero) is 1. The van der Waals surface area contributed by atoms with E-state index in [4.69, 9.17) is 19.3 Å². The predicted octanol–water partition coefficient (Wildman–Crippen LogP) is 3.92. The number of aryl methyl sites for hydroxylation is 2. The summed E-state index contributed by atoms with van der Waals surface area (Å²) in [7, 11) is 0. The Labute approximate surface area is 163 Å². The van der Waals surface area contributed by atoms with Crippen LogP contribution in [0.4, 0.5) is 0 Å². The molecule has 28 heavy (non-hydrogen) atoms. The molecule has 0 amide bonds. The number of carbonyl (C=O) groups is 1. The molecule has 0 saturated heterocycles. The summed E-state index contributed by atoms with van der Waals surface area (Å²) in [5, 5.41) is 13.1. The smallest absolute Gasteiger partial charge is 0.202 e. The van der Waals surface area contributed by atoms with Crippen LogP contribution < -0.4 is 9.47 Å². The van der Waals surface area contributed by atoms with Crippen molar-refractivity contribution >= 4 is 5.78 Å². The minimum Gasteiger partial charge on any atom is -0.490 e. The van der Waals surface area contributed by atoms with Gasteiger partial charge in [0.2, 0.25) is 5.78 Å². The summed E-state index contributed by atoms with van der Waals surface area (Å²) >= 11 is 0. The molecule has 7 heteroatoms. The first-order chi connectivity index (χ1) is 13.4. The number of ether oxygens (including phenoxy) is 2. The monoisotopic (exact) mass is 379 g/mol. The number of rotatable bonds is 7. The van der Waals surface area contributed by atoms with Crippen LogP contribution in [0.25, 0.3) is 5.82 Å². The van der Waals surface area contributed by atoms with Gasteiger partial charge in [0.15, 0.2) is 23.9 Å². The van der Waals surface area contributed by atoms with Crippen molar-refractivity contribution in [3.8, 4) is 23.4 Å². The second kappa shape index (κ2) is 8.01. The second-order valence-electron chi connectivity index (χ2n) is 6.33. The Kier molecular flexibility index (Phi) is 5.50. The van der Waals surface area contributed by atoms with E-state index in [0.717, 1.165) is 11.4 Å². The number of hydrogen-bond acceptors (Lipinski definition) is 6. The van der Waals surface area contributed by atoms with Crippen LogP contribution in [0.3, 0.4) is 0 Å². The number of ketones is 1. The van der Waals surface area contributed by atoms with Gasteiger partial charge in [-0.25, -0.2) is 0 Å². The van der Waals surface area contributed by atoms with Gasteiger partial charge in [0.05, 0.1) is 18.2 Å². The predicted molar refractivity (Wildman–Crippen MR) is 102 cm³/mol. The van der Waals surface area contributed by atoms with Crippen LogP contribution in [-0.4, -0.2) is 28.7 Å². The SMILES string of the molecule is CCOc1cc(C#N)ccc1OCC(=O)c1cc(C)n(-c2cc(C)on2)c1C. The Morgan fingerprint density at radius 1 is 1.18 bits per heavy atom. The quantitative estimate of drug-likeness (QED) is 0.578. The molecule has 3 rings (SSSR count). The number of aromatic nitrogens is 2. The minimum absolute atomic E-state index is 0.145. The van der Waals surface area contributed by atoms with E-state index in [0.29, 0.717) is 40.8 Å². The molecule has 0 fully saturated rings. The zero-order chi connectivity index (χ0) is 20.3. The molecule has 0 N–H and O–H groups in total. The first kappa shape index (κ1) is 19.2. The summed E-state index contributed by atoms with van der Waals surface area (Å²) in [6, 6.07) is 10.5. The molecule has 0 unspecified atom stereocenters. The van der Waals surface area contributed by atoms with Gasteiger partial charge in [-0.05, 0) is 45.9 Å². The lowest BCUT2D eigenvalue weighted by Gasteiger charge is -2.11. The van der Waals surface area contributed by atoms with E-state index in [2.05, 4.69) is 11.2 Å². The molecule has 0 aliphatic carbocycles. The normalized spacial score (nSPS) is 10.5. The molecule has 1 aromatic carbocycles. The highest BCUT2D eigenvalue weighted by molar-refractivity contribution is 5.98. The van der Waals surface area contributed by atoms with Gasteiger partial charge in [0.1, 0.15) is 5.76 Å². The van der Waals surface area contributed by atoms with Gasteiger partial charge in [-0.2, -0.15) is 5.26 Å². The standard InChI is InChI=1S/C21H21N3O4/c1-5-26-20-10-16(11-22)6-7-19(20)27-12-18(25)17-8-13(2)24(15(17)4)21-9-14(3)28-23-21/h6-10H,5,12H2,1-4H3. The van der Waals surface area contributed by atoms with Gasteiger partial charge in [-0.3, -0.25) is 9.36 Å². The molecule has 0 bridgehead atoms. The Morgan fingerprint density at radius 2 is 1.96 bits per heavy atom. The first-order valence-electron chi connectivity index (χ1n) is 8.90. The van der Waals surface area contributed by atoms with E-state index in [1.807, 2.05) is 44.4 Å². The molecule has 2 aromatic heterocycles. The summed E-state index contributed by atoms with van der Waals surface area (Å²) < 4.78 is 18.2. The van der Waals surface area contributed by atoms with Crippen LogP contribution in [-0.2, 0) is 0 Å². The fraction of sp³-hybridized carbons (Fsp3) is 0.286. The summed E-state index contributed by atoms with van der Waals surface area (Å²) in [5.74, 6) is 2.04. The van der Waals surface area contributed by atoms with E-state index >= 15 is 0 Å². The van der Waals surface area contributed by atoms with Gasteiger partial charge >= 0.3 is 0 Å². The summed E-state index contributed by atoms with van der Waals surface area (Å²) in [4.78, 5) is 12.8. The van der Waals surface area contributed by atoms with Crippen LogP contribution in [0.15, 0.2) is 34.9 Å². The molecule has 7 nitrogen and oxygen atoms in total. The zero-order valence-electron chi connectivity index (χ0n) is 16.3. The lowest BCUT2D eigenvalue weighted by Crippen LogP contribution is -2.13. The lowest BCUT2D eigenvalue weighted by molar-refractivity contribution is 0.0918. The largest absolute Gasteiger partial charge is 0.490 e. The molecule has 0 spiro atoms. The van der Waals surface area contributed by atoms with Crippen molar-refractivity contribution in [3.05, 3.63) is 58.6 Å². The van der Waals surface area contributed by atoms with E-state index in [1.165, 1.54) is 0 Å². The van der Waals surface area contributed by atoms with Crippen molar-refractivity contribution in [1.29, 1.82) is 5.26 Å². The molecular formula is C21H21N3O4. The lowest BCUT2D eigenvalue weighted by atomic mass is 10.1. The topological polar surface area (TPSA) is 90.3 Å². The number of carbonyl (C=O) groups excluding carboxylic acids is 1. The van der Waals surface area contributed by atoms with Crippen LogP contribution in [0.2, 0.25) is 0 Å². The fourth-order valence-electron chi connectivity index (χ4n) is 3.04. The maximum Gasteiger partial charge on any atom is 0.202 e. The number of nitrogens with zero attached hydrogens (tertiary/aromatic N) is 3. The molecule has 0 radical (unpaired) electrons. The Balaban J connectivity index is 1.80. The van der Waals surface area contributed by atoms with E-state index < -0.39 is 0 Å². The first-order valence-corrected chi connectivity index (χ1v) is 8.90. The number of benzene rings is 1. The van der Waals surface area contributed by atoms with Crippen LogP contribution >= 0.6 is 0 Å². The highest BCUT2D eigenvalue weighted by Crippen LogP contribution is 2.29. The van der Waals surface area contributed by atoms with Gasteiger partial charge in [-0.15, -0.1) is 0 Å². The fourth-order valence-corrected chi connectivity index (χ4v) is 3.04. The van der Waals surface area contributed by atoms with Gasteiger partial charge in [0.25, 0.3) is 0 Å². The molecule has 3 aromatic rings. The van der Waals surface area contributed by atoms with Crippen molar-refractivity contribution in [3.63, 3.8) is 0 Å². The average Bonchev–Trinajstić information content (AvgIpc) is 3.22. The summed E-state index contributed by atoms with van der Waals surface area (Å²) in [6.45, 7) is 7.71. The maximum absolute atomic E-state index is 12.8. The summed E-state index contributed by atoms with van der Waals surface area (Å²) in [5.41, 5.74) is 2.67. The Morgan fingerprint density at radius 3 is 2.61 bits per heavy atom. The van der Waals surface area contributed by atoms with Gasteiger partial charge < -0.3 is 14.0 Å². The highest BCUT2D eigenvalue weighted by atomic mass is 16.5. The van der Waals surface area contributed by atoms with Crippen molar-refractivity contribution in [1.82, 2.24) is 9.72 Å². The average molecular weight is 379 g/mol. The molecule has 144 valence electrons. The molecule has 0 atom stereocenters. The number of nitriles is 1. The third-order valence-corrected chi connectivity index (χ3v) is 4.31. The highest BCUT2D eigenvalue weighted by Gasteiger charge is 2.19. The Hall–Kier alpha value is -3.53. The molecule has 2 heterocycles. The van der Waals surface area contributed by atoms with E-state index in [1.54, 1.807) is 18.2 Å². The van der Waals surface area contributed by atoms with Crippen molar-refractivity contribution in [2.45, 2.75) is 27.7 Å². The third-order valence-electron chi connectivity index (χ3n) is 4.31. The van der Waals surface area contributed by atoms with Crippen molar-refractivity contribution in [2.24, 2.45) is 0 Å². The maximum atomic E-state index is 12.8. The van der Waals surface area contributed by atoms with Gasteiger partial charge in [0, 0.05) is 29.1 Å². The third kappa shape index (κ3) is 3.76.